The predicted molar refractivity (Wildman–Crippen MR) is 61.1 cm³/mol. The van der Waals surface area contributed by atoms with E-state index in [9.17, 15) is 4.79 Å². The van der Waals surface area contributed by atoms with Crippen molar-refractivity contribution in [2.45, 2.75) is 19.4 Å². The van der Waals surface area contributed by atoms with E-state index in [2.05, 4.69) is 17.6 Å². The standard InChI is InChI=1S/C11H13ClN2O/c1-2-6-13-10-7-4-3-5-8(12)9(7)14-11(10)15/h3-5,10,13H,2,6H2,1H3,(H,14,15). The van der Waals surface area contributed by atoms with Crippen molar-refractivity contribution >= 4 is 23.2 Å². The molecule has 80 valence electrons. The molecule has 0 aromatic heterocycles. The Kier molecular flexibility index (Phi) is 2.93. The molecule has 0 saturated carbocycles. The van der Waals surface area contributed by atoms with Crippen LogP contribution in [0.15, 0.2) is 18.2 Å². The molecule has 3 nitrogen and oxygen atoms in total. The van der Waals surface area contributed by atoms with E-state index in [1.807, 2.05) is 12.1 Å². The Morgan fingerprint density at radius 3 is 3.07 bits per heavy atom. The van der Waals surface area contributed by atoms with E-state index >= 15 is 0 Å². The fraction of sp³-hybridized carbons (Fsp3) is 0.364. The number of benzene rings is 1. The molecule has 0 fully saturated rings. The molecular weight excluding hydrogens is 212 g/mol. The van der Waals surface area contributed by atoms with Gasteiger partial charge in [0.25, 0.3) is 0 Å². The zero-order chi connectivity index (χ0) is 10.8. The van der Waals surface area contributed by atoms with Gasteiger partial charge in [-0.25, -0.2) is 0 Å². The van der Waals surface area contributed by atoms with E-state index in [4.69, 9.17) is 11.6 Å². The number of para-hydroxylation sites is 1. The summed E-state index contributed by atoms with van der Waals surface area (Å²) in [5, 5.41) is 6.58. The van der Waals surface area contributed by atoms with Crippen molar-refractivity contribution in [3.8, 4) is 0 Å². The predicted octanol–water partition coefficient (Wildman–Crippen LogP) is 2.33. The van der Waals surface area contributed by atoms with Crippen LogP contribution < -0.4 is 10.6 Å². The molecule has 0 radical (unpaired) electrons. The maximum Gasteiger partial charge on any atom is 0.246 e. The molecule has 0 aliphatic carbocycles. The molecule has 0 bridgehead atoms. The van der Waals surface area contributed by atoms with Gasteiger partial charge in [-0.15, -0.1) is 0 Å². The molecule has 1 heterocycles. The van der Waals surface area contributed by atoms with Gasteiger partial charge in [0.2, 0.25) is 5.91 Å². The Morgan fingerprint density at radius 2 is 2.33 bits per heavy atom. The second kappa shape index (κ2) is 4.21. The third kappa shape index (κ3) is 1.85. The number of carbonyl (C=O) groups is 1. The Morgan fingerprint density at radius 1 is 1.53 bits per heavy atom. The van der Waals surface area contributed by atoms with Gasteiger partial charge in [0.05, 0.1) is 10.7 Å². The Bertz CT molecular complexity index is 392. The lowest BCUT2D eigenvalue weighted by Gasteiger charge is -2.09. The second-order valence-corrected chi connectivity index (χ2v) is 3.99. The summed E-state index contributed by atoms with van der Waals surface area (Å²) in [6, 6.07) is 5.32. The van der Waals surface area contributed by atoms with Gasteiger partial charge in [0.1, 0.15) is 6.04 Å². The highest BCUT2D eigenvalue weighted by Gasteiger charge is 2.30. The van der Waals surface area contributed by atoms with Crippen LogP contribution in [-0.2, 0) is 4.79 Å². The largest absolute Gasteiger partial charge is 0.323 e. The summed E-state index contributed by atoms with van der Waals surface area (Å²) >= 11 is 5.99. The second-order valence-electron chi connectivity index (χ2n) is 3.58. The first-order valence-electron chi connectivity index (χ1n) is 5.06. The number of amides is 1. The van der Waals surface area contributed by atoms with E-state index in [0.717, 1.165) is 24.2 Å². The molecule has 0 saturated heterocycles. The molecule has 1 aromatic carbocycles. The minimum Gasteiger partial charge on any atom is -0.323 e. The first-order chi connectivity index (χ1) is 7.24. The number of hydrogen-bond acceptors (Lipinski definition) is 2. The van der Waals surface area contributed by atoms with Crippen LogP contribution in [0.4, 0.5) is 5.69 Å². The molecule has 4 heteroatoms. The van der Waals surface area contributed by atoms with E-state index in [0.29, 0.717) is 5.02 Å². The smallest absolute Gasteiger partial charge is 0.246 e. The average molecular weight is 225 g/mol. The number of halogens is 1. The molecule has 1 amide bonds. The monoisotopic (exact) mass is 224 g/mol. The van der Waals surface area contributed by atoms with E-state index < -0.39 is 0 Å². The van der Waals surface area contributed by atoms with Crippen molar-refractivity contribution in [3.05, 3.63) is 28.8 Å². The van der Waals surface area contributed by atoms with Crippen molar-refractivity contribution in [2.75, 3.05) is 11.9 Å². The topological polar surface area (TPSA) is 41.1 Å². The molecule has 1 aliphatic heterocycles. The Labute approximate surface area is 93.8 Å². The maximum absolute atomic E-state index is 11.7. The van der Waals surface area contributed by atoms with Gasteiger partial charge < -0.3 is 10.6 Å². The fourth-order valence-electron chi connectivity index (χ4n) is 1.74. The summed E-state index contributed by atoms with van der Waals surface area (Å²) in [5.74, 6) is -0.0217. The summed E-state index contributed by atoms with van der Waals surface area (Å²) in [7, 11) is 0. The normalized spacial score (nSPS) is 18.8. The Balaban J connectivity index is 2.29. The molecule has 2 N–H and O–H groups in total. The molecule has 1 aromatic rings. The Hall–Kier alpha value is -1.06. The first-order valence-corrected chi connectivity index (χ1v) is 5.44. The summed E-state index contributed by atoms with van der Waals surface area (Å²) in [6.07, 6.45) is 1.000. The van der Waals surface area contributed by atoms with Gasteiger partial charge in [0, 0.05) is 5.56 Å². The maximum atomic E-state index is 11.7. The van der Waals surface area contributed by atoms with E-state index in [1.54, 1.807) is 6.07 Å². The van der Waals surface area contributed by atoms with Crippen LogP contribution in [0.5, 0.6) is 0 Å². The van der Waals surface area contributed by atoms with Crippen molar-refractivity contribution in [2.24, 2.45) is 0 Å². The molecular formula is C11H13ClN2O. The lowest BCUT2D eigenvalue weighted by molar-refractivity contribution is -0.117. The van der Waals surface area contributed by atoms with Gasteiger partial charge in [-0.05, 0) is 19.0 Å². The van der Waals surface area contributed by atoms with E-state index in [-0.39, 0.29) is 11.9 Å². The quantitative estimate of drug-likeness (QED) is 0.828. The number of hydrogen-bond donors (Lipinski definition) is 2. The van der Waals surface area contributed by atoms with Crippen molar-refractivity contribution < 1.29 is 4.79 Å². The molecule has 0 spiro atoms. The third-order valence-corrected chi connectivity index (χ3v) is 2.78. The number of fused-ring (bicyclic) bond motifs is 1. The fourth-order valence-corrected chi connectivity index (χ4v) is 1.97. The van der Waals surface area contributed by atoms with Crippen molar-refractivity contribution in [1.82, 2.24) is 5.32 Å². The molecule has 1 unspecified atom stereocenters. The van der Waals surface area contributed by atoms with Gasteiger partial charge in [-0.2, -0.15) is 0 Å². The van der Waals surface area contributed by atoms with Crippen molar-refractivity contribution in [3.63, 3.8) is 0 Å². The molecule has 1 atom stereocenters. The van der Waals surface area contributed by atoms with Gasteiger partial charge >= 0.3 is 0 Å². The summed E-state index contributed by atoms with van der Waals surface area (Å²) in [4.78, 5) is 11.7. The van der Waals surface area contributed by atoms with Crippen LogP contribution >= 0.6 is 11.6 Å². The summed E-state index contributed by atoms with van der Waals surface area (Å²) in [5.41, 5.74) is 1.69. The van der Waals surface area contributed by atoms with Crippen LogP contribution in [-0.4, -0.2) is 12.5 Å². The average Bonchev–Trinajstić information content (AvgIpc) is 2.54. The molecule has 15 heavy (non-hydrogen) atoms. The minimum absolute atomic E-state index is 0.0217. The zero-order valence-electron chi connectivity index (χ0n) is 8.51. The van der Waals surface area contributed by atoms with Crippen molar-refractivity contribution in [1.29, 1.82) is 0 Å². The SMILES string of the molecule is CCCNC1C(=O)Nc2c(Cl)cccc21. The first kappa shape index (κ1) is 10.5. The zero-order valence-corrected chi connectivity index (χ0v) is 9.27. The van der Waals surface area contributed by atoms with E-state index in [1.165, 1.54) is 0 Å². The summed E-state index contributed by atoms with van der Waals surface area (Å²) < 4.78 is 0. The number of anilines is 1. The number of nitrogens with one attached hydrogen (secondary N) is 2. The summed E-state index contributed by atoms with van der Waals surface area (Å²) in [6.45, 7) is 2.89. The lowest BCUT2D eigenvalue weighted by atomic mass is 10.1. The van der Waals surface area contributed by atoms with Crippen LogP contribution in [0.3, 0.4) is 0 Å². The van der Waals surface area contributed by atoms with Gasteiger partial charge in [0.15, 0.2) is 0 Å². The highest BCUT2D eigenvalue weighted by atomic mass is 35.5. The van der Waals surface area contributed by atoms with Gasteiger partial charge in [-0.1, -0.05) is 30.7 Å². The van der Waals surface area contributed by atoms with Gasteiger partial charge in [-0.3, -0.25) is 4.79 Å². The minimum atomic E-state index is -0.251. The lowest BCUT2D eigenvalue weighted by Crippen LogP contribution is -2.27. The highest BCUT2D eigenvalue weighted by molar-refractivity contribution is 6.34. The van der Waals surface area contributed by atoms with Crippen LogP contribution in [0.25, 0.3) is 0 Å². The highest BCUT2D eigenvalue weighted by Crippen LogP contribution is 2.36. The number of carbonyl (C=O) groups excluding carboxylic acids is 1. The molecule has 1 aliphatic rings. The third-order valence-electron chi connectivity index (χ3n) is 2.47. The van der Waals surface area contributed by atoms with Crippen LogP contribution in [0, 0.1) is 0 Å². The molecule has 2 rings (SSSR count). The number of rotatable bonds is 3. The van der Waals surface area contributed by atoms with Crippen LogP contribution in [0.2, 0.25) is 5.02 Å². The van der Waals surface area contributed by atoms with Crippen LogP contribution in [0.1, 0.15) is 24.9 Å².